The Morgan fingerprint density at radius 1 is 1.04 bits per heavy atom. The third kappa shape index (κ3) is 4.74. The van der Waals surface area contributed by atoms with Crippen LogP contribution >= 0.6 is 0 Å². The lowest BCUT2D eigenvalue weighted by Crippen LogP contribution is -2.26. The Labute approximate surface area is 140 Å². The summed E-state index contributed by atoms with van der Waals surface area (Å²) >= 11 is 0. The first-order valence-corrected chi connectivity index (χ1v) is 7.41. The first-order chi connectivity index (χ1) is 11.5. The smallest absolute Gasteiger partial charge is 0.374 e. The molecule has 0 unspecified atom stereocenters. The maximum Gasteiger partial charge on any atom is 0.374 e. The van der Waals surface area contributed by atoms with Crippen LogP contribution in [0.2, 0.25) is 0 Å². The number of amidine groups is 1. The lowest BCUT2D eigenvalue weighted by atomic mass is 10.1. The van der Waals surface area contributed by atoms with Gasteiger partial charge in [-0.2, -0.15) is 0 Å². The van der Waals surface area contributed by atoms with Crippen molar-refractivity contribution in [1.82, 2.24) is 0 Å². The van der Waals surface area contributed by atoms with E-state index >= 15 is 0 Å². The molecule has 2 aromatic carbocycles. The number of carbonyl (C=O) groups excluding carboxylic acids is 1. The molecule has 6 heteroatoms. The van der Waals surface area contributed by atoms with Crippen LogP contribution in [0.4, 0.5) is 0 Å². The summed E-state index contributed by atoms with van der Waals surface area (Å²) < 4.78 is 10.5. The number of oxime groups is 1. The van der Waals surface area contributed by atoms with E-state index in [0.29, 0.717) is 17.1 Å². The van der Waals surface area contributed by atoms with E-state index in [2.05, 4.69) is 5.16 Å². The van der Waals surface area contributed by atoms with E-state index in [-0.39, 0.29) is 5.84 Å². The average Bonchev–Trinajstić information content (AvgIpc) is 2.60. The Kier molecular flexibility index (Phi) is 5.78. The minimum absolute atomic E-state index is 0.125. The maximum atomic E-state index is 11.9. The van der Waals surface area contributed by atoms with Crippen LogP contribution < -0.4 is 15.2 Å². The molecule has 0 aliphatic carbocycles. The van der Waals surface area contributed by atoms with Gasteiger partial charge in [-0.3, -0.25) is 0 Å². The molecule has 24 heavy (non-hydrogen) atoms. The molecule has 0 aromatic heterocycles. The zero-order valence-electron chi connectivity index (χ0n) is 13.9. The van der Waals surface area contributed by atoms with Crippen molar-refractivity contribution in [3.05, 3.63) is 59.7 Å². The largest absolute Gasteiger partial charge is 0.497 e. The predicted octanol–water partition coefficient (Wildman–Crippen LogP) is 2.63. The van der Waals surface area contributed by atoms with Gasteiger partial charge in [0.25, 0.3) is 0 Å². The van der Waals surface area contributed by atoms with E-state index in [1.54, 1.807) is 50.4 Å². The van der Waals surface area contributed by atoms with Gasteiger partial charge in [-0.1, -0.05) is 35.0 Å². The van der Waals surface area contributed by atoms with Gasteiger partial charge in [0.15, 0.2) is 11.9 Å². The van der Waals surface area contributed by atoms with Crippen molar-refractivity contribution in [2.75, 3.05) is 7.11 Å². The molecule has 0 saturated heterocycles. The van der Waals surface area contributed by atoms with E-state index in [1.165, 1.54) is 0 Å². The molecule has 0 spiro atoms. The summed E-state index contributed by atoms with van der Waals surface area (Å²) in [4.78, 5) is 16.8. The standard InChI is InChI=1S/C18H20N2O4/c1-12-4-6-14(7-5-12)17(19)20-24-18(21)13(2)23-16-10-8-15(22-3)9-11-16/h4-11,13H,1-3H3,(H2,19,20)/t13-/m1/s1. The lowest BCUT2D eigenvalue weighted by molar-refractivity contribution is -0.151. The van der Waals surface area contributed by atoms with Crippen LogP contribution in [0.1, 0.15) is 18.1 Å². The number of ether oxygens (including phenoxy) is 2. The van der Waals surface area contributed by atoms with E-state index in [9.17, 15) is 4.79 Å². The Bertz CT molecular complexity index is 709. The van der Waals surface area contributed by atoms with Crippen LogP contribution in [0, 0.1) is 6.92 Å². The number of nitrogens with zero attached hydrogens (tertiary/aromatic N) is 1. The van der Waals surface area contributed by atoms with Gasteiger partial charge in [0.05, 0.1) is 7.11 Å². The fraction of sp³-hybridized carbons (Fsp3) is 0.222. The molecule has 0 amide bonds. The highest BCUT2D eigenvalue weighted by Crippen LogP contribution is 2.18. The van der Waals surface area contributed by atoms with Crippen molar-refractivity contribution in [3.8, 4) is 11.5 Å². The highest BCUT2D eigenvalue weighted by Gasteiger charge is 2.17. The monoisotopic (exact) mass is 328 g/mol. The summed E-state index contributed by atoms with van der Waals surface area (Å²) in [5, 5.41) is 3.66. The first-order valence-electron chi connectivity index (χ1n) is 7.41. The molecule has 2 rings (SSSR count). The molecule has 1 atom stereocenters. The van der Waals surface area contributed by atoms with Gasteiger partial charge < -0.3 is 20.0 Å². The molecule has 0 bridgehead atoms. The summed E-state index contributed by atoms with van der Waals surface area (Å²) in [6, 6.07) is 14.3. The summed E-state index contributed by atoms with van der Waals surface area (Å²) in [7, 11) is 1.58. The van der Waals surface area contributed by atoms with Crippen LogP contribution in [-0.4, -0.2) is 25.0 Å². The summed E-state index contributed by atoms with van der Waals surface area (Å²) in [6.45, 7) is 3.54. The SMILES string of the molecule is COc1ccc(O[C@H](C)C(=O)O/N=C(/N)c2ccc(C)cc2)cc1. The molecule has 126 valence electrons. The van der Waals surface area contributed by atoms with Crippen molar-refractivity contribution in [3.63, 3.8) is 0 Å². The van der Waals surface area contributed by atoms with Gasteiger partial charge in [-0.25, -0.2) is 4.79 Å². The number of hydrogen-bond acceptors (Lipinski definition) is 5. The molecule has 2 N–H and O–H groups in total. The van der Waals surface area contributed by atoms with Crippen molar-refractivity contribution in [2.45, 2.75) is 20.0 Å². The Hall–Kier alpha value is -3.02. The van der Waals surface area contributed by atoms with Gasteiger partial charge in [-0.05, 0) is 38.1 Å². The second kappa shape index (κ2) is 8.01. The van der Waals surface area contributed by atoms with Crippen LogP contribution in [0.3, 0.4) is 0 Å². The van der Waals surface area contributed by atoms with Crippen LogP contribution in [-0.2, 0) is 9.63 Å². The molecular formula is C18H20N2O4. The molecule has 0 aliphatic heterocycles. The normalized spacial score (nSPS) is 12.4. The number of carbonyl (C=O) groups is 1. The number of methoxy groups -OCH3 is 1. The van der Waals surface area contributed by atoms with Gasteiger partial charge in [0, 0.05) is 5.56 Å². The topological polar surface area (TPSA) is 83.1 Å². The van der Waals surface area contributed by atoms with Crippen molar-refractivity contribution in [2.24, 2.45) is 10.9 Å². The third-order valence-electron chi connectivity index (χ3n) is 3.29. The molecule has 0 fully saturated rings. The fourth-order valence-corrected chi connectivity index (χ4v) is 1.85. The highest BCUT2D eigenvalue weighted by atomic mass is 16.7. The number of rotatable bonds is 6. The molecule has 0 aliphatic rings. The second-order valence-electron chi connectivity index (χ2n) is 5.19. The van der Waals surface area contributed by atoms with Crippen molar-refractivity contribution < 1.29 is 19.1 Å². The molecule has 6 nitrogen and oxygen atoms in total. The van der Waals surface area contributed by atoms with Crippen LogP contribution in [0.25, 0.3) is 0 Å². The zero-order chi connectivity index (χ0) is 17.5. The summed E-state index contributed by atoms with van der Waals surface area (Å²) in [5.74, 6) is 0.713. The van der Waals surface area contributed by atoms with E-state index in [4.69, 9.17) is 20.0 Å². The van der Waals surface area contributed by atoms with E-state index in [1.807, 2.05) is 19.1 Å². The number of benzene rings is 2. The number of aryl methyl sites for hydroxylation is 1. The first kappa shape index (κ1) is 17.3. The molecule has 0 saturated carbocycles. The van der Waals surface area contributed by atoms with E-state index < -0.39 is 12.1 Å². The van der Waals surface area contributed by atoms with Gasteiger partial charge in [-0.15, -0.1) is 0 Å². The fourth-order valence-electron chi connectivity index (χ4n) is 1.85. The minimum atomic E-state index is -0.826. The summed E-state index contributed by atoms with van der Waals surface area (Å²) in [5.41, 5.74) is 7.58. The quantitative estimate of drug-likeness (QED) is 0.381. The van der Waals surface area contributed by atoms with Gasteiger partial charge in [0.2, 0.25) is 0 Å². The average molecular weight is 328 g/mol. The molecule has 2 aromatic rings. The van der Waals surface area contributed by atoms with Crippen LogP contribution in [0.15, 0.2) is 53.7 Å². The predicted molar refractivity (Wildman–Crippen MR) is 91.1 cm³/mol. The number of hydrogen-bond donors (Lipinski definition) is 1. The summed E-state index contributed by atoms with van der Waals surface area (Å²) in [6.07, 6.45) is -0.826. The molecule has 0 heterocycles. The Balaban J connectivity index is 1.92. The zero-order valence-corrected chi connectivity index (χ0v) is 13.9. The van der Waals surface area contributed by atoms with Crippen LogP contribution in [0.5, 0.6) is 11.5 Å². The minimum Gasteiger partial charge on any atom is -0.497 e. The van der Waals surface area contributed by atoms with Crippen molar-refractivity contribution in [1.29, 1.82) is 0 Å². The van der Waals surface area contributed by atoms with Gasteiger partial charge >= 0.3 is 5.97 Å². The second-order valence-corrected chi connectivity index (χ2v) is 5.19. The van der Waals surface area contributed by atoms with Crippen molar-refractivity contribution >= 4 is 11.8 Å². The Morgan fingerprint density at radius 2 is 1.62 bits per heavy atom. The Morgan fingerprint density at radius 3 is 2.21 bits per heavy atom. The maximum absolute atomic E-state index is 11.9. The number of nitrogens with two attached hydrogens (primary N) is 1. The van der Waals surface area contributed by atoms with E-state index in [0.717, 1.165) is 5.56 Å². The third-order valence-corrected chi connectivity index (χ3v) is 3.29. The highest BCUT2D eigenvalue weighted by molar-refractivity contribution is 5.97. The van der Waals surface area contributed by atoms with Gasteiger partial charge in [0.1, 0.15) is 11.5 Å². The lowest BCUT2D eigenvalue weighted by Gasteiger charge is -2.12. The molecular weight excluding hydrogens is 308 g/mol. The molecule has 0 radical (unpaired) electrons.